The van der Waals surface area contributed by atoms with Gasteiger partial charge in [-0.1, -0.05) is 54.2 Å². The molecular weight excluding hydrogens is 316 g/mol. The van der Waals surface area contributed by atoms with Gasteiger partial charge in [-0.25, -0.2) is 0 Å². The van der Waals surface area contributed by atoms with E-state index in [1.165, 1.54) is 18.4 Å². The van der Waals surface area contributed by atoms with E-state index in [0.29, 0.717) is 6.04 Å². The molecule has 1 saturated carbocycles. The Balaban J connectivity index is 1.50. The van der Waals surface area contributed by atoms with Crippen molar-refractivity contribution in [1.29, 1.82) is 0 Å². The molecule has 5 heteroatoms. The van der Waals surface area contributed by atoms with Crippen molar-refractivity contribution in [2.45, 2.75) is 24.0 Å². The van der Waals surface area contributed by atoms with Crippen molar-refractivity contribution in [3.05, 3.63) is 66.5 Å². The summed E-state index contributed by atoms with van der Waals surface area (Å²) in [5.74, 6) is 1.84. The maximum atomic E-state index is 4.42. The van der Waals surface area contributed by atoms with Gasteiger partial charge >= 0.3 is 0 Å². The van der Waals surface area contributed by atoms with Gasteiger partial charge in [0.15, 0.2) is 11.0 Å². The summed E-state index contributed by atoms with van der Waals surface area (Å²) in [7, 11) is 0. The molecule has 0 N–H and O–H groups in total. The molecule has 120 valence electrons. The molecule has 24 heavy (non-hydrogen) atoms. The Bertz CT molecular complexity index is 823. The average molecular weight is 334 g/mol. The van der Waals surface area contributed by atoms with Crippen LogP contribution in [0.3, 0.4) is 0 Å². The standard InChI is InChI=1S/C19H18N4S/c1-2-5-15(6-3-1)7-4-14-24-19-22-21-18(23(19)17-8-9-17)16-10-12-20-13-11-16/h1-7,10-13,17H,8-9,14H2/b7-4+. The maximum Gasteiger partial charge on any atom is 0.192 e. The molecule has 0 spiro atoms. The van der Waals surface area contributed by atoms with Crippen LogP contribution in [0.25, 0.3) is 17.5 Å². The van der Waals surface area contributed by atoms with Crippen molar-refractivity contribution >= 4 is 17.8 Å². The predicted molar refractivity (Wildman–Crippen MR) is 97.7 cm³/mol. The van der Waals surface area contributed by atoms with Crippen LogP contribution >= 0.6 is 11.8 Å². The van der Waals surface area contributed by atoms with E-state index in [0.717, 1.165) is 22.3 Å². The second kappa shape index (κ2) is 7.01. The van der Waals surface area contributed by atoms with Crippen LogP contribution < -0.4 is 0 Å². The molecule has 4 rings (SSSR count). The van der Waals surface area contributed by atoms with Crippen molar-refractivity contribution in [2.24, 2.45) is 0 Å². The van der Waals surface area contributed by atoms with Gasteiger partial charge < -0.3 is 0 Å². The molecule has 0 amide bonds. The van der Waals surface area contributed by atoms with E-state index in [2.05, 4.69) is 56.2 Å². The highest BCUT2D eigenvalue weighted by molar-refractivity contribution is 7.99. The van der Waals surface area contributed by atoms with Crippen molar-refractivity contribution < 1.29 is 0 Å². The molecule has 0 atom stereocenters. The van der Waals surface area contributed by atoms with Crippen molar-refractivity contribution in [3.63, 3.8) is 0 Å². The Morgan fingerprint density at radius 3 is 2.58 bits per heavy atom. The zero-order chi connectivity index (χ0) is 16.2. The van der Waals surface area contributed by atoms with Crippen LogP contribution in [0.4, 0.5) is 0 Å². The zero-order valence-corrected chi connectivity index (χ0v) is 14.1. The molecular formula is C19H18N4S. The number of nitrogens with zero attached hydrogens (tertiary/aromatic N) is 4. The van der Waals surface area contributed by atoms with E-state index in [4.69, 9.17) is 0 Å². The largest absolute Gasteiger partial charge is 0.299 e. The van der Waals surface area contributed by atoms with E-state index < -0.39 is 0 Å². The second-order valence-corrected chi connectivity index (χ2v) is 6.75. The summed E-state index contributed by atoms with van der Waals surface area (Å²) < 4.78 is 2.29. The topological polar surface area (TPSA) is 43.6 Å². The fourth-order valence-electron chi connectivity index (χ4n) is 2.61. The number of thioether (sulfide) groups is 1. The van der Waals surface area contributed by atoms with Gasteiger partial charge in [-0.05, 0) is 30.5 Å². The number of aromatic nitrogens is 4. The van der Waals surface area contributed by atoms with E-state index in [-0.39, 0.29) is 0 Å². The molecule has 0 radical (unpaired) electrons. The summed E-state index contributed by atoms with van der Waals surface area (Å²) in [6.07, 6.45) is 10.4. The monoisotopic (exact) mass is 334 g/mol. The normalized spacial score (nSPS) is 14.3. The molecule has 4 nitrogen and oxygen atoms in total. The highest BCUT2D eigenvalue weighted by Crippen LogP contribution is 2.40. The quantitative estimate of drug-likeness (QED) is 0.623. The second-order valence-electron chi connectivity index (χ2n) is 5.77. The summed E-state index contributed by atoms with van der Waals surface area (Å²) >= 11 is 1.74. The Kier molecular flexibility index (Phi) is 4.42. The van der Waals surface area contributed by atoms with Crippen LogP contribution in [0, 0.1) is 0 Å². The zero-order valence-electron chi connectivity index (χ0n) is 13.2. The number of benzene rings is 1. The van der Waals surface area contributed by atoms with E-state index >= 15 is 0 Å². The Morgan fingerprint density at radius 1 is 1.04 bits per heavy atom. The van der Waals surface area contributed by atoms with Crippen molar-refractivity contribution in [1.82, 2.24) is 19.7 Å². The molecule has 1 aliphatic rings. The van der Waals surface area contributed by atoms with Gasteiger partial charge in [0.25, 0.3) is 0 Å². The smallest absolute Gasteiger partial charge is 0.192 e. The van der Waals surface area contributed by atoms with Crippen LogP contribution in [0.2, 0.25) is 0 Å². The van der Waals surface area contributed by atoms with Gasteiger partial charge in [-0.3, -0.25) is 9.55 Å². The third kappa shape index (κ3) is 3.41. The summed E-state index contributed by atoms with van der Waals surface area (Å²) in [5.41, 5.74) is 2.30. The number of hydrogen-bond donors (Lipinski definition) is 0. The third-order valence-corrected chi connectivity index (χ3v) is 4.83. The van der Waals surface area contributed by atoms with Gasteiger partial charge in [0.1, 0.15) is 0 Å². The lowest BCUT2D eigenvalue weighted by molar-refractivity contribution is 0.669. The molecule has 0 saturated heterocycles. The summed E-state index contributed by atoms with van der Waals surface area (Å²) in [4.78, 5) is 4.09. The van der Waals surface area contributed by atoms with Crippen molar-refractivity contribution in [2.75, 3.05) is 5.75 Å². The van der Waals surface area contributed by atoms with Crippen molar-refractivity contribution in [3.8, 4) is 11.4 Å². The molecule has 2 heterocycles. The average Bonchev–Trinajstić information content (AvgIpc) is 3.40. The van der Waals surface area contributed by atoms with Crippen LogP contribution in [-0.4, -0.2) is 25.5 Å². The maximum absolute atomic E-state index is 4.42. The molecule has 1 aliphatic carbocycles. The SMILES string of the molecule is C(=C\c1ccccc1)/CSc1nnc(-c2ccncc2)n1C1CC1. The molecule has 0 aliphatic heterocycles. The first kappa shape index (κ1) is 15.1. The van der Waals surface area contributed by atoms with Crippen LogP contribution in [0.5, 0.6) is 0 Å². The summed E-state index contributed by atoms with van der Waals surface area (Å²) in [6.45, 7) is 0. The Labute approximate surface area is 145 Å². The fourth-order valence-corrected chi connectivity index (χ4v) is 3.42. The summed E-state index contributed by atoms with van der Waals surface area (Å²) in [6, 6.07) is 14.9. The molecule has 3 aromatic rings. The van der Waals surface area contributed by atoms with Crippen LogP contribution in [0.15, 0.2) is 66.1 Å². The molecule has 1 aromatic carbocycles. The number of hydrogen-bond acceptors (Lipinski definition) is 4. The van der Waals surface area contributed by atoms with Gasteiger partial charge in [0, 0.05) is 29.8 Å². The van der Waals surface area contributed by atoms with Crippen LogP contribution in [0.1, 0.15) is 24.4 Å². The third-order valence-electron chi connectivity index (χ3n) is 3.93. The molecule has 2 aromatic heterocycles. The number of pyridine rings is 1. The first-order valence-corrected chi connectivity index (χ1v) is 9.10. The van der Waals surface area contributed by atoms with Gasteiger partial charge in [-0.2, -0.15) is 0 Å². The first-order chi connectivity index (χ1) is 11.9. The van der Waals surface area contributed by atoms with Gasteiger partial charge in [-0.15, -0.1) is 10.2 Å². The molecule has 0 unspecified atom stereocenters. The van der Waals surface area contributed by atoms with Gasteiger partial charge in [0.2, 0.25) is 0 Å². The Morgan fingerprint density at radius 2 is 1.83 bits per heavy atom. The molecule has 1 fully saturated rings. The van der Waals surface area contributed by atoms with E-state index in [9.17, 15) is 0 Å². The summed E-state index contributed by atoms with van der Waals surface area (Å²) in [5, 5.41) is 9.85. The minimum absolute atomic E-state index is 0.545. The highest BCUT2D eigenvalue weighted by atomic mass is 32.2. The Hall–Kier alpha value is -2.40. The first-order valence-electron chi connectivity index (χ1n) is 8.11. The lowest BCUT2D eigenvalue weighted by atomic mass is 10.2. The lowest BCUT2D eigenvalue weighted by Crippen LogP contribution is -1.99. The number of rotatable bonds is 6. The fraction of sp³-hybridized carbons (Fsp3) is 0.211. The van der Waals surface area contributed by atoms with E-state index in [1.54, 1.807) is 24.2 Å². The van der Waals surface area contributed by atoms with Gasteiger partial charge in [0.05, 0.1) is 0 Å². The van der Waals surface area contributed by atoms with Crippen LogP contribution in [-0.2, 0) is 0 Å². The molecule has 0 bridgehead atoms. The predicted octanol–water partition coefficient (Wildman–Crippen LogP) is 4.48. The lowest BCUT2D eigenvalue weighted by Gasteiger charge is -2.07. The minimum atomic E-state index is 0.545. The van der Waals surface area contributed by atoms with E-state index in [1.807, 2.05) is 18.2 Å². The highest BCUT2D eigenvalue weighted by Gasteiger charge is 2.29. The minimum Gasteiger partial charge on any atom is -0.299 e.